The van der Waals surface area contributed by atoms with Gasteiger partial charge in [0.15, 0.2) is 0 Å². The summed E-state index contributed by atoms with van der Waals surface area (Å²) in [5, 5.41) is 22.5. The molecule has 2 aliphatic rings. The van der Waals surface area contributed by atoms with Gasteiger partial charge in [-0.05, 0) is 33.4 Å². The molecule has 2 N–H and O–H groups in total. The molecular weight excluding hydrogens is 272 g/mol. The molecule has 0 saturated carbocycles. The number of fused-ring (bicyclic) bond motifs is 5. The summed E-state index contributed by atoms with van der Waals surface area (Å²) in [5.74, 6) is 0. The maximum Gasteiger partial charge on any atom is 0.146 e. The molecule has 5 rings (SSSR count). The molecule has 2 unspecified atom stereocenters. The fourth-order valence-corrected chi connectivity index (χ4v) is 4.09. The molecule has 0 spiro atoms. The summed E-state index contributed by atoms with van der Waals surface area (Å²) in [7, 11) is 0. The predicted molar refractivity (Wildman–Crippen MR) is 85.3 cm³/mol. The molecule has 2 atom stereocenters. The minimum absolute atomic E-state index is 0.784. The minimum Gasteiger partial charge on any atom is -0.385 e. The van der Waals surface area contributed by atoms with Gasteiger partial charge >= 0.3 is 0 Å². The van der Waals surface area contributed by atoms with Crippen LogP contribution in [0, 0.1) is 0 Å². The van der Waals surface area contributed by atoms with E-state index in [0.29, 0.717) is 0 Å². The monoisotopic (exact) mass is 286 g/mol. The van der Waals surface area contributed by atoms with Gasteiger partial charge < -0.3 is 10.2 Å². The predicted octanol–water partition coefficient (Wildman–Crippen LogP) is 3.62. The summed E-state index contributed by atoms with van der Waals surface area (Å²) >= 11 is 0. The Kier molecular flexibility index (Phi) is 2.13. The Bertz CT molecular complexity index is 922. The first-order valence-electron chi connectivity index (χ1n) is 7.46. The lowest BCUT2D eigenvalue weighted by Gasteiger charge is -2.38. The van der Waals surface area contributed by atoms with Crippen LogP contribution in [0.5, 0.6) is 0 Å². The van der Waals surface area contributed by atoms with Crippen LogP contribution in [0.3, 0.4) is 0 Å². The smallest absolute Gasteiger partial charge is 0.146 e. The van der Waals surface area contributed by atoms with Crippen molar-refractivity contribution in [2.75, 3.05) is 0 Å². The van der Waals surface area contributed by atoms with Crippen LogP contribution in [-0.4, -0.2) is 10.2 Å². The Balaban J connectivity index is 1.99. The SMILES string of the molecule is OC1c2ccccc2-c2cccc3c2C1(O)c1ccccc1-3. The largest absolute Gasteiger partial charge is 0.385 e. The van der Waals surface area contributed by atoms with E-state index in [-0.39, 0.29) is 0 Å². The Labute approximate surface area is 128 Å². The number of benzene rings is 3. The van der Waals surface area contributed by atoms with Crippen molar-refractivity contribution in [3.8, 4) is 22.3 Å². The van der Waals surface area contributed by atoms with Gasteiger partial charge in [-0.2, -0.15) is 0 Å². The van der Waals surface area contributed by atoms with E-state index in [9.17, 15) is 10.2 Å². The van der Waals surface area contributed by atoms with E-state index >= 15 is 0 Å². The Hall–Kier alpha value is -2.42. The highest BCUT2D eigenvalue weighted by Gasteiger charge is 2.52. The second kappa shape index (κ2) is 3.86. The van der Waals surface area contributed by atoms with Crippen LogP contribution in [0.15, 0.2) is 66.7 Å². The van der Waals surface area contributed by atoms with Crippen molar-refractivity contribution < 1.29 is 10.2 Å². The van der Waals surface area contributed by atoms with Crippen molar-refractivity contribution in [1.82, 2.24) is 0 Å². The van der Waals surface area contributed by atoms with Crippen LogP contribution in [0.25, 0.3) is 22.3 Å². The molecule has 0 amide bonds. The van der Waals surface area contributed by atoms with Gasteiger partial charge in [0, 0.05) is 5.56 Å². The molecule has 2 aliphatic carbocycles. The van der Waals surface area contributed by atoms with E-state index < -0.39 is 11.7 Å². The second-order valence-corrected chi connectivity index (χ2v) is 6.03. The Morgan fingerprint density at radius 1 is 0.682 bits per heavy atom. The van der Waals surface area contributed by atoms with E-state index in [2.05, 4.69) is 0 Å². The summed E-state index contributed by atoms with van der Waals surface area (Å²) < 4.78 is 0. The molecule has 3 aromatic carbocycles. The van der Waals surface area contributed by atoms with Crippen molar-refractivity contribution in [2.24, 2.45) is 0 Å². The van der Waals surface area contributed by atoms with Crippen LogP contribution in [0.4, 0.5) is 0 Å². The van der Waals surface area contributed by atoms with Gasteiger partial charge in [-0.3, -0.25) is 0 Å². The fourth-order valence-electron chi connectivity index (χ4n) is 4.09. The van der Waals surface area contributed by atoms with Crippen LogP contribution in [0.2, 0.25) is 0 Å². The number of rotatable bonds is 0. The molecule has 0 bridgehead atoms. The Morgan fingerprint density at radius 3 is 2.09 bits per heavy atom. The molecule has 0 radical (unpaired) electrons. The first-order valence-corrected chi connectivity index (χ1v) is 7.46. The summed E-state index contributed by atoms with van der Waals surface area (Å²) in [6, 6.07) is 21.7. The summed E-state index contributed by atoms with van der Waals surface area (Å²) in [6.45, 7) is 0. The van der Waals surface area contributed by atoms with Gasteiger partial charge in [0.1, 0.15) is 11.7 Å². The van der Waals surface area contributed by atoms with Crippen molar-refractivity contribution >= 4 is 0 Å². The molecule has 2 heteroatoms. The average molecular weight is 286 g/mol. The van der Waals surface area contributed by atoms with E-state index in [0.717, 1.165) is 38.9 Å². The number of hydrogen-bond acceptors (Lipinski definition) is 2. The molecule has 0 aliphatic heterocycles. The Morgan fingerprint density at radius 2 is 1.27 bits per heavy atom. The van der Waals surface area contributed by atoms with Gasteiger partial charge in [-0.15, -0.1) is 0 Å². The quantitative estimate of drug-likeness (QED) is 0.662. The molecule has 0 aromatic heterocycles. The molecule has 2 nitrogen and oxygen atoms in total. The lowest BCUT2D eigenvalue weighted by atomic mass is 9.73. The third-order valence-corrected chi connectivity index (χ3v) is 5.01. The highest BCUT2D eigenvalue weighted by Crippen LogP contribution is 2.59. The van der Waals surface area contributed by atoms with Crippen molar-refractivity contribution in [3.63, 3.8) is 0 Å². The van der Waals surface area contributed by atoms with E-state index in [1.807, 2.05) is 66.7 Å². The van der Waals surface area contributed by atoms with Crippen LogP contribution in [0.1, 0.15) is 22.8 Å². The third-order valence-electron chi connectivity index (χ3n) is 5.01. The molecule has 22 heavy (non-hydrogen) atoms. The molecular formula is C20H14O2. The normalized spacial score (nSPS) is 23.6. The minimum atomic E-state index is -1.36. The maximum atomic E-state index is 11.5. The van der Waals surface area contributed by atoms with Crippen molar-refractivity contribution in [2.45, 2.75) is 11.7 Å². The zero-order chi connectivity index (χ0) is 14.9. The lowest BCUT2D eigenvalue weighted by molar-refractivity contribution is -0.0499. The van der Waals surface area contributed by atoms with Crippen LogP contribution >= 0.6 is 0 Å². The van der Waals surface area contributed by atoms with Crippen LogP contribution < -0.4 is 0 Å². The van der Waals surface area contributed by atoms with E-state index in [4.69, 9.17) is 0 Å². The van der Waals surface area contributed by atoms with Gasteiger partial charge in [0.2, 0.25) is 0 Å². The van der Waals surface area contributed by atoms with E-state index in [1.165, 1.54) is 0 Å². The first-order chi connectivity index (χ1) is 10.7. The maximum absolute atomic E-state index is 11.5. The average Bonchev–Trinajstić information content (AvgIpc) is 2.85. The molecule has 0 fully saturated rings. The number of aliphatic hydroxyl groups excluding tert-OH is 1. The lowest BCUT2D eigenvalue weighted by Crippen LogP contribution is -2.36. The van der Waals surface area contributed by atoms with E-state index in [1.54, 1.807) is 0 Å². The molecule has 106 valence electrons. The number of aliphatic hydroxyl groups is 2. The zero-order valence-electron chi connectivity index (χ0n) is 11.8. The summed E-state index contributed by atoms with van der Waals surface area (Å²) in [6.07, 6.45) is -0.957. The van der Waals surface area contributed by atoms with Gasteiger partial charge in [0.05, 0.1) is 0 Å². The first kappa shape index (κ1) is 12.2. The highest BCUT2D eigenvalue weighted by molar-refractivity contribution is 5.90. The molecule has 0 saturated heterocycles. The third kappa shape index (κ3) is 1.20. The standard InChI is InChI=1S/C20H14O2/c21-19-16-8-2-1-6-12(16)14-9-5-10-15-13-7-3-4-11-17(13)20(19,22)18(14)15/h1-11,19,21-22H. The summed E-state index contributed by atoms with van der Waals surface area (Å²) in [4.78, 5) is 0. The summed E-state index contributed by atoms with van der Waals surface area (Å²) in [5.41, 5.74) is 5.09. The van der Waals surface area contributed by atoms with Gasteiger partial charge in [0.25, 0.3) is 0 Å². The van der Waals surface area contributed by atoms with Crippen molar-refractivity contribution in [1.29, 1.82) is 0 Å². The highest BCUT2D eigenvalue weighted by atomic mass is 16.3. The van der Waals surface area contributed by atoms with Crippen molar-refractivity contribution in [3.05, 3.63) is 83.4 Å². The topological polar surface area (TPSA) is 40.5 Å². The second-order valence-electron chi connectivity index (χ2n) is 6.03. The zero-order valence-corrected chi connectivity index (χ0v) is 11.8. The fraction of sp³-hybridized carbons (Fsp3) is 0.100. The molecule has 0 heterocycles. The molecule has 3 aromatic rings. The van der Waals surface area contributed by atoms with Crippen LogP contribution in [-0.2, 0) is 5.60 Å². The van der Waals surface area contributed by atoms with Gasteiger partial charge in [-0.25, -0.2) is 0 Å². The number of hydrogen-bond donors (Lipinski definition) is 2. The van der Waals surface area contributed by atoms with Gasteiger partial charge in [-0.1, -0.05) is 66.7 Å².